The van der Waals surface area contributed by atoms with Gasteiger partial charge in [-0.05, 0) is 31.5 Å². The standard InChI is InChI=1S/C13H15Cl3N2O4S/c14-8-3-4-9(11(16)10(8)15)23(20,21)13(12(17)19)22-7-2-1-5-18-6-7/h3-4,7,13,18H,1-2,5-6H2,(H2,17,19). The fourth-order valence-corrected chi connectivity index (χ4v) is 4.61. The second-order valence-corrected chi connectivity index (χ2v) is 8.18. The Morgan fingerprint density at radius 1 is 1.30 bits per heavy atom. The Morgan fingerprint density at radius 3 is 2.57 bits per heavy atom. The molecule has 10 heteroatoms. The minimum atomic E-state index is -4.27. The zero-order chi connectivity index (χ0) is 17.2. The van der Waals surface area contributed by atoms with E-state index in [2.05, 4.69) is 5.32 Å². The number of hydrogen-bond donors (Lipinski definition) is 2. The van der Waals surface area contributed by atoms with Crippen LogP contribution in [0.1, 0.15) is 12.8 Å². The number of piperidine rings is 1. The smallest absolute Gasteiger partial charge is 0.262 e. The van der Waals surface area contributed by atoms with Gasteiger partial charge in [-0.25, -0.2) is 8.42 Å². The number of nitrogens with one attached hydrogen (secondary N) is 1. The molecular formula is C13H15Cl3N2O4S. The molecule has 1 fully saturated rings. The normalized spacial score (nSPS) is 20.2. The van der Waals surface area contributed by atoms with Crippen molar-refractivity contribution in [3.05, 3.63) is 27.2 Å². The Morgan fingerprint density at radius 2 is 2.00 bits per heavy atom. The summed E-state index contributed by atoms with van der Waals surface area (Å²) >= 11 is 17.6. The minimum Gasteiger partial charge on any atom is -0.366 e. The maximum absolute atomic E-state index is 12.7. The summed E-state index contributed by atoms with van der Waals surface area (Å²) in [4.78, 5) is 11.3. The SMILES string of the molecule is NC(=O)C(OC1CCCNC1)S(=O)(=O)c1ccc(Cl)c(Cl)c1Cl. The number of carbonyl (C=O) groups is 1. The lowest BCUT2D eigenvalue weighted by atomic mass is 10.1. The highest BCUT2D eigenvalue weighted by Gasteiger charge is 2.38. The van der Waals surface area contributed by atoms with Crippen LogP contribution in [0.25, 0.3) is 0 Å². The number of benzene rings is 1. The molecule has 1 aromatic rings. The van der Waals surface area contributed by atoms with E-state index in [1.807, 2.05) is 0 Å². The van der Waals surface area contributed by atoms with E-state index in [0.717, 1.165) is 13.0 Å². The molecule has 2 rings (SSSR count). The molecule has 2 atom stereocenters. The lowest BCUT2D eigenvalue weighted by molar-refractivity contribution is -0.127. The van der Waals surface area contributed by atoms with E-state index >= 15 is 0 Å². The molecule has 1 aromatic carbocycles. The summed E-state index contributed by atoms with van der Waals surface area (Å²) in [6.45, 7) is 1.25. The fourth-order valence-electron chi connectivity index (χ4n) is 2.25. The quantitative estimate of drug-likeness (QED) is 0.735. The third kappa shape index (κ3) is 4.10. The molecule has 0 radical (unpaired) electrons. The molecule has 1 saturated heterocycles. The number of carbonyl (C=O) groups excluding carboxylic acids is 1. The molecule has 1 amide bonds. The van der Waals surface area contributed by atoms with E-state index < -0.39 is 27.3 Å². The topological polar surface area (TPSA) is 98.5 Å². The van der Waals surface area contributed by atoms with Gasteiger partial charge in [0, 0.05) is 6.54 Å². The molecule has 0 aromatic heterocycles. The van der Waals surface area contributed by atoms with E-state index in [-0.39, 0.29) is 20.0 Å². The van der Waals surface area contributed by atoms with Crippen molar-refractivity contribution in [1.82, 2.24) is 5.32 Å². The van der Waals surface area contributed by atoms with Crippen molar-refractivity contribution in [1.29, 1.82) is 0 Å². The zero-order valence-electron chi connectivity index (χ0n) is 11.9. The van der Waals surface area contributed by atoms with Crippen molar-refractivity contribution >= 4 is 50.5 Å². The molecular weight excluding hydrogens is 387 g/mol. The van der Waals surface area contributed by atoms with Crippen molar-refractivity contribution in [2.75, 3.05) is 13.1 Å². The van der Waals surface area contributed by atoms with Crippen LogP contribution in [0.15, 0.2) is 17.0 Å². The van der Waals surface area contributed by atoms with Gasteiger partial charge in [0.1, 0.15) is 0 Å². The van der Waals surface area contributed by atoms with Crippen LogP contribution in [-0.4, -0.2) is 39.0 Å². The molecule has 0 spiro atoms. The van der Waals surface area contributed by atoms with Crippen LogP contribution in [0.5, 0.6) is 0 Å². The molecule has 3 N–H and O–H groups in total. The van der Waals surface area contributed by atoms with Gasteiger partial charge >= 0.3 is 0 Å². The molecule has 2 unspecified atom stereocenters. The third-order valence-corrected chi connectivity index (χ3v) is 6.65. The molecule has 128 valence electrons. The molecule has 0 saturated carbocycles. The van der Waals surface area contributed by atoms with E-state index in [1.165, 1.54) is 12.1 Å². The number of hydrogen-bond acceptors (Lipinski definition) is 5. The summed E-state index contributed by atoms with van der Waals surface area (Å²) in [5.74, 6) is -1.11. The third-order valence-electron chi connectivity index (χ3n) is 3.39. The molecule has 23 heavy (non-hydrogen) atoms. The van der Waals surface area contributed by atoms with Gasteiger partial charge in [0.2, 0.25) is 15.3 Å². The van der Waals surface area contributed by atoms with Gasteiger partial charge in [-0.15, -0.1) is 0 Å². The van der Waals surface area contributed by atoms with E-state index in [4.69, 9.17) is 45.3 Å². The largest absolute Gasteiger partial charge is 0.366 e. The monoisotopic (exact) mass is 400 g/mol. The van der Waals surface area contributed by atoms with Gasteiger partial charge in [-0.3, -0.25) is 4.79 Å². The van der Waals surface area contributed by atoms with Crippen LogP contribution in [0.3, 0.4) is 0 Å². The number of rotatable bonds is 5. The van der Waals surface area contributed by atoms with Gasteiger partial charge in [-0.2, -0.15) is 0 Å². The summed E-state index contributed by atoms with van der Waals surface area (Å²) < 4.78 is 30.8. The highest BCUT2D eigenvalue weighted by Crippen LogP contribution is 2.36. The van der Waals surface area contributed by atoms with Crippen molar-refractivity contribution in [2.45, 2.75) is 29.3 Å². The van der Waals surface area contributed by atoms with Crippen molar-refractivity contribution in [3.63, 3.8) is 0 Å². The predicted molar refractivity (Wildman–Crippen MR) is 88.6 cm³/mol. The Kier molecular flexibility index (Phi) is 6.16. The molecule has 1 heterocycles. The number of sulfone groups is 1. The predicted octanol–water partition coefficient (Wildman–Crippen LogP) is 2.00. The van der Waals surface area contributed by atoms with Gasteiger partial charge in [0.25, 0.3) is 5.91 Å². The first-order valence-corrected chi connectivity index (χ1v) is 9.46. The summed E-state index contributed by atoms with van der Waals surface area (Å²) in [5, 5.41) is 2.78. The van der Waals surface area contributed by atoms with Crippen LogP contribution in [0.4, 0.5) is 0 Å². The van der Waals surface area contributed by atoms with Gasteiger partial charge in [-0.1, -0.05) is 34.8 Å². The Bertz CT molecular complexity index is 705. The Labute approximate surface area is 149 Å². The maximum Gasteiger partial charge on any atom is 0.262 e. The number of halogens is 3. The summed E-state index contributed by atoms with van der Waals surface area (Å²) in [7, 11) is -4.27. The summed E-state index contributed by atoms with van der Waals surface area (Å²) in [5.41, 5.74) is 3.38. The number of nitrogens with two attached hydrogens (primary N) is 1. The van der Waals surface area contributed by atoms with Crippen molar-refractivity contribution in [3.8, 4) is 0 Å². The lowest BCUT2D eigenvalue weighted by Gasteiger charge is -2.26. The van der Waals surface area contributed by atoms with Crippen molar-refractivity contribution < 1.29 is 17.9 Å². The van der Waals surface area contributed by atoms with Crippen LogP contribution in [-0.2, 0) is 19.4 Å². The molecule has 0 aliphatic carbocycles. The first kappa shape index (κ1) is 18.8. The second kappa shape index (κ2) is 7.55. The first-order chi connectivity index (χ1) is 10.7. The van der Waals surface area contributed by atoms with Crippen molar-refractivity contribution in [2.24, 2.45) is 5.73 Å². The number of primary amides is 1. The van der Waals surface area contributed by atoms with Crippen LogP contribution in [0.2, 0.25) is 15.1 Å². The zero-order valence-corrected chi connectivity index (χ0v) is 15.0. The number of ether oxygens (including phenoxy) is 1. The fraction of sp³-hybridized carbons (Fsp3) is 0.462. The second-order valence-electron chi connectivity index (χ2n) is 5.06. The van der Waals surface area contributed by atoms with Gasteiger partial charge in [0.05, 0.1) is 26.1 Å². The van der Waals surface area contributed by atoms with E-state index in [1.54, 1.807) is 0 Å². The molecule has 1 aliphatic heterocycles. The maximum atomic E-state index is 12.7. The molecule has 1 aliphatic rings. The first-order valence-electron chi connectivity index (χ1n) is 6.78. The average Bonchev–Trinajstić information content (AvgIpc) is 2.50. The highest BCUT2D eigenvalue weighted by molar-refractivity contribution is 7.92. The van der Waals surface area contributed by atoms with Crippen LogP contribution >= 0.6 is 34.8 Å². The van der Waals surface area contributed by atoms with Gasteiger partial charge in [0.15, 0.2) is 0 Å². The number of amides is 1. The summed E-state index contributed by atoms with van der Waals surface area (Å²) in [6, 6.07) is 2.45. The lowest BCUT2D eigenvalue weighted by Crippen LogP contribution is -2.45. The van der Waals surface area contributed by atoms with Gasteiger partial charge < -0.3 is 15.8 Å². The minimum absolute atomic E-state index is 0.101. The van der Waals surface area contributed by atoms with Crippen LogP contribution in [0, 0.1) is 0 Å². The molecule has 6 nitrogen and oxygen atoms in total. The van der Waals surface area contributed by atoms with E-state index in [0.29, 0.717) is 13.0 Å². The van der Waals surface area contributed by atoms with Crippen LogP contribution < -0.4 is 11.1 Å². The Hall–Kier alpha value is -0.570. The average molecular weight is 402 g/mol. The highest BCUT2D eigenvalue weighted by atomic mass is 35.5. The summed E-state index contributed by atoms with van der Waals surface area (Å²) in [6.07, 6.45) is 1.00. The van der Waals surface area contributed by atoms with E-state index in [9.17, 15) is 13.2 Å². The molecule has 0 bridgehead atoms. The Balaban J connectivity index is 2.37.